The van der Waals surface area contributed by atoms with Crippen molar-refractivity contribution in [1.82, 2.24) is 9.97 Å². The lowest BCUT2D eigenvalue weighted by Crippen LogP contribution is -2.14. The number of anilines is 1. The lowest BCUT2D eigenvalue weighted by atomic mass is 10.1. The van der Waals surface area contributed by atoms with E-state index < -0.39 is 0 Å². The Kier molecular flexibility index (Phi) is 5.94. The first-order chi connectivity index (χ1) is 15.0. The minimum atomic E-state index is -0.193. The van der Waals surface area contributed by atoms with E-state index in [0.29, 0.717) is 17.7 Å². The maximum absolute atomic E-state index is 12.9. The second-order valence-corrected chi connectivity index (χ2v) is 7.50. The number of carbonyl (C=O) groups is 1. The Morgan fingerprint density at radius 1 is 0.903 bits per heavy atom. The van der Waals surface area contributed by atoms with Crippen LogP contribution >= 0.6 is 0 Å². The summed E-state index contributed by atoms with van der Waals surface area (Å²) in [6.07, 6.45) is 0.995. The molecule has 0 aliphatic heterocycles. The highest BCUT2D eigenvalue weighted by Gasteiger charge is 2.12. The highest BCUT2D eigenvalue weighted by atomic mass is 16.5. The van der Waals surface area contributed by atoms with Crippen LogP contribution in [-0.2, 0) is 13.0 Å². The zero-order valence-corrected chi connectivity index (χ0v) is 18.0. The van der Waals surface area contributed by atoms with Gasteiger partial charge in [-0.15, -0.1) is 0 Å². The maximum Gasteiger partial charge on any atom is 0.255 e. The van der Waals surface area contributed by atoms with Crippen LogP contribution in [0.5, 0.6) is 5.75 Å². The average molecular weight is 412 g/mol. The van der Waals surface area contributed by atoms with Crippen molar-refractivity contribution in [3.63, 3.8) is 0 Å². The number of benzene rings is 3. The molecule has 1 N–H and O–H groups in total. The number of para-hydroxylation sites is 1. The number of aromatic nitrogens is 2. The predicted octanol–water partition coefficient (Wildman–Crippen LogP) is 5.64. The van der Waals surface area contributed by atoms with E-state index in [1.165, 1.54) is 5.56 Å². The van der Waals surface area contributed by atoms with E-state index in [1.807, 2.05) is 56.3 Å². The van der Waals surface area contributed by atoms with Crippen molar-refractivity contribution in [2.45, 2.75) is 33.8 Å². The zero-order chi connectivity index (χ0) is 21.8. The number of hydrogen-bond acceptors (Lipinski definition) is 4. The molecule has 1 amide bonds. The van der Waals surface area contributed by atoms with Crippen LogP contribution in [-0.4, -0.2) is 15.9 Å². The fourth-order valence-corrected chi connectivity index (χ4v) is 3.32. The number of nitrogens with zero attached hydrogens (tertiary/aromatic N) is 2. The summed E-state index contributed by atoms with van der Waals surface area (Å²) in [5, 5.41) is 3.00. The van der Waals surface area contributed by atoms with Gasteiger partial charge in [-0.2, -0.15) is 0 Å². The topological polar surface area (TPSA) is 64.1 Å². The van der Waals surface area contributed by atoms with Crippen molar-refractivity contribution < 1.29 is 9.53 Å². The third kappa shape index (κ3) is 4.72. The van der Waals surface area contributed by atoms with Crippen molar-refractivity contribution in [2.24, 2.45) is 0 Å². The van der Waals surface area contributed by atoms with Gasteiger partial charge in [0.05, 0.1) is 22.4 Å². The second-order valence-electron chi connectivity index (χ2n) is 7.50. The third-order valence-corrected chi connectivity index (χ3v) is 5.33. The molecule has 1 aromatic heterocycles. The lowest BCUT2D eigenvalue weighted by Gasteiger charge is -2.13. The molecule has 0 aliphatic carbocycles. The van der Waals surface area contributed by atoms with Crippen LogP contribution in [0.3, 0.4) is 0 Å². The molecule has 0 saturated carbocycles. The van der Waals surface area contributed by atoms with Gasteiger partial charge in [0.25, 0.3) is 5.91 Å². The summed E-state index contributed by atoms with van der Waals surface area (Å²) in [4.78, 5) is 22.0. The van der Waals surface area contributed by atoms with E-state index in [-0.39, 0.29) is 5.91 Å². The molecule has 0 saturated heterocycles. The van der Waals surface area contributed by atoms with Crippen LogP contribution in [0.2, 0.25) is 0 Å². The summed E-state index contributed by atoms with van der Waals surface area (Å²) in [7, 11) is 0. The predicted molar refractivity (Wildman–Crippen MR) is 124 cm³/mol. The fourth-order valence-electron chi connectivity index (χ4n) is 3.32. The molecule has 0 aliphatic rings. The first kappa shape index (κ1) is 20.5. The van der Waals surface area contributed by atoms with E-state index in [4.69, 9.17) is 4.74 Å². The fraction of sp³-hybridized carbons (Fsp3) is 0.192. The van der Waals surface area contributed by atoms with Crippen LogP contribution in [0.25, 0.3) is 11.0 Å². The Morgan fingerprint density at radius 2 is 1.61 bits per heavy atom. The standard InChI is InChI=1S/C26H25N3O2/c1-4-19-9-12-22(13-10-19)31-16-21-7-5-6-8-23(21)29-26(30)20-11-14-24-25(15-20)28-18(3)17(2)27-24/h5-15H,4,16H2,1-3H3,(H,29,30). The summed E-state index contributed by atoms with van der Waals surface area (Å²) < 4.78 is 5.93. The number of rotatable bonds is 6. The average Bonchev–Trinajstić information content (AvgIpc) is 2.79. The van der Waals surface area contributed by atoms with Gasteiger partial charge in [-0.05, 0) is 62.2 Å². The Morgan fingerprint density at radius 3 is 2.35 bits per heavy atom. The molecule has 1 heterocycles. The van der Waals surface area contributed by atoms with E-state index in [2.05, 4.69) is 34.3 Å². The molecule has 4 aromatic rings. The van der Waals surface area contributed by atoms with Crippen LogP contribution in [0.15, 0.2) is 66.7 Å². The number of carbonyl (C=O) groups excluding carboxylic acids is 1. The highest BCUT2D eigenvalue weighted by molar-refractivity contribution is 6.06. The van der Waals surface area contributed by atoms with Crippen molar-refractivity contribution in [3.8, 4) is 5.75 Å². The normalized spacial score (nSPS) is 10.8. The molecule has 5 heteroatoms. The second kappa shape index (κ2) is 8.96. The molecule has 0 radical (unpaired) electrons. The molecule has 5 nitrogen and oxygen atoms in total. The van der Waals surface area contributed by atoms with Gasteiger partial charge in [0.2, 0.25) is 0 Å². The Hall–Kier alpha value is -3.73. The number of nitrogens with one attached hydrogen (secondary N) is 1. The molecule has 4 rings (SSSR count). The highest BCUT2D eigenvalue weighted by Crippen LogP contribution is 2.21. The number of fused-ring (bicyclic) bond motifs is 1. The molecular formula is C26H25N3O2. The molecule has 156 valence electrons. The van der Waals surface area contributed by atoms with Gasteiger partial charge in [-0.25, -0.2) is 9.97 Å². The molecule has 3 aromatic carbocycles. The Bertz CT molecular complexity index is 1230. The zero-order valence-electron chi connectivity index (χ0n) is 18.0. The first-order valence-electron chi connectivity index (χ1n) is 10.4. The van der Waals surface area contributed by atoms with Gasteiger partial charge < -0.3 is 10.1 Å². The summed E-state index contributed by atoms with van der Waals surface area (Å²) in [6, 6.07) is 21.1. The van der Waals surface area contributed by atoms with E-state index in [9.17, 15) is 4.79 Å². The first-order valence-corrected chi connectivity index (χ1v) is 10.4. The van der Waals surface area contributed by atoms with Gasteiger partial charge >= 0.3 is 0 Å². The monoisotopic (exact) mass is 411 g/mol. The van der Waals surface area contributed by atoms with Gasteiger partial charge in [-0.1, -0.05) is 37.3 Å². The largest absolute Gasteiger partial charge is 0.489 e. The minimum Gasteiger partial charge on any atom is -0.489 e. The van der Waals surface area contributed by atoms with Crippen LogP contribution in [0.4, 0.5) is 5.69 Å². The molecular weight excluding hydrogens is 386 g/mol. The van der Waals surface area contributed by atoms with Crippen molar-refractivity contribution in [1.29, 1.82) is 0 Å². The molecule has 0 unspecified atom stereocenters. The lowest BCUT2D eigenvalue weighted by molar-refractivity contribution is 0.102. The van der Waals surface area contributed by atoms with E-state index >= 15 is 0 Å². The van der Waals surface area contributed by atoms with Crippen LogP contribution in [0.1, 0.15) is 39.8 Å². The van der Waals surface area contributed by atoms with Crippen molar-refractivity contribution in [2.75, 3.05) is 5.32 Å². The molecule has 0 spiro atoms. The number of ether oxygens (including phenoxy) is 1. The number of amides is 1. The van der Waals surface area contributed by atoms with Crippen molar-refractivity contribution in [3.05, 3.63) is 94.8 Å². The van der Waals surface area contributed by atoms with Gasteiger partial charge in [0.1, 0.15) is 12.4 Å². The van der Waals surface area contributed by atoms with E-state index in [1.54, 1.807) is 12.1 Å². The number of aryl methyl sites for hydroxylation is 3. The smallest absolute Gasteiger partial charge is 0.255 e. The SMILES string of the molecule is CCc1ccc(OCc2ccccc2NC(=O)c2ccc3nc(C)c(C)nc3c2)cc1. The summed E-state index contributed by atoms with van der Waals surface area (Å²) in [5.41, 5.74) is 6.68. The Balaban J connectivity index is 1.50. The van der Waals surface area contributed by atoms with Gasteiger partial charge in [-0.3, -0.25) is 4.79 Å². The maximum atomic E-state index is 12.9. The quantitative estimate of drug-likeness (QED) is 0.446. The third-order valence-electron chi connectivity index (χ3n) is 5.33. The molecule has 0 atom stereocenters. The van der Waals surface area contributed by atoms with Gasteiger partial charge in [0, 0.05) is 16.8 Å². The van der Waals surface area contributed by atoms with E-state index in [0.717, 1.165) is 40.3 Å². The Labute approximate surface area is 182 Å². The van der Waals surface area contributed by atoms with Crippen LogP contribution < -0.4 is 10.1 Å². The molecule has 0 bridgehead atoms. The number of hydrogen-bond donors (Lipinski definition) is 1. The summed E-state index contributed by atoms with van der Waals surface area (Å²) in [6.45, 7) is 6.34. The van der Waals surface area contributed by atoms with Crippen LogP contribution in [0, 0.1) is 13.8 Å². The minimum absolute atomic E-state index is 0.193. The molecule has 0 fully saturated rings. The van der Waals surface area contributed by atoms with Crippen molar-refractivity contribution >= 4 is 22.6 Å². The van der Waals surface area contributed by atoms with Gasteiger partial charge in [0.15, 0.2) is 0 Å². The summed E-state index contributed by atoms with van der Waals surface area (Å²) >= 11 is 0. The summed E-state index contributed by atoms with van der Waals surface area (Å²) in [5.74, 6) is 0.610. The molecule has 31 heavy (non-hydrogen) atoms.